The topological polar surface area (TPSA) is 74.2 Å². The Morgan fingerprint density at radius 1 is 1.31 bits per heavy atom. The lowest BCUT2D eigenvalue weighted by Gasteiger charge is -2.25. The van der Waals surface area contributed by atoms with Crippen LogP contribution in [0.1, 0.15) is 27.1 Å². The van der Waals surface area contributed by atoms with E-state index in [1.54, 1.807) is 31.3 Å². The number of guanidine groups is 1. The highest BCUT2D eigenvalue weighted by molar-refractivity contribution is 14.0. The highest BCUT2D eigenvalue weighted by Gasteiger charge is 2.34. The Bertz CT molecular complexity index is 654. The van der Waals surface area contributed by atoms with Gasteiger partial charge in [0.1, 0.15) is 0 Å². The number of ether oxygens (including phenoxy) is 1. The summed E-state index contributed by atoms with van der Waals surface area (Å²) in [5, 5.41) is 3.23. The van der Waals surface area contributed by atoms with Crippen LogP contribution in [0.3, 0.4) is 0 Å². The Morgan fingerprint density at radius 3 is 2.50 bits per heavy atom. The SMILES string of the molecule is CN=C(NCCN1C(=O)c2ccccc2C1=O)N(C)CC1CCOC1.I. The van der Waals surface area contributed by atoms with E-state index in [4.69, 9.17) is 4.74 Å². The first-order valence-electron chi connectivity index (χ1n) is 8.56. The number of carbonyl (C=O) groups excluding carboxylic acids is 2. The Morgan fingerprint density at radius 2 is 1.96 bits per heavy atom. The average molecular weight is 472 g/mol. The molecule has 0 saturated carbocycles. The van der Waals surface area contributed by atoms with Gasteiger partial charge in [0.05, 0.1) is 17.7 Å². The number of aliphatic imine (C=N–C) groups is 1. The molecule has 1 saturated heterocycles. The Labute approximate surface area is 170 Å². The zero-order valence-electron chi connectivity index (χ0n) is 15.1. The highest BCUT2D eigenvalue weighted by Crippen LogP contribution is 2.21. The van der Waals surface area contributed by atoms with Gasteiger partial charge in [-0.1, -0.05) is 12.1 Å². The molecule has 0 aliphatic carbocycles. The van der Waals surface area contributed by atoms with Crippen molar-refractivity contribution in [2.75, 3.05) is 46.9 Å². The van der Waals surface area contributed by atoms with Gasteiger partial charge in [-0.2, -0.15) is 0 Å². The minimum atomic E-state index is -0.228. The number of carbonyl (C=O) groups is 2. The second kappa shape index (κ2) is 9.31. The van der Waals surface area contributed by atoms with Crippen molar-refractivity contribution in [3.05, 3.63) is 35.4 Å². The van der Waals surface area contributed by atoms with Crippen LogP contribution in [-0.2, 0) is 4.74 Å². The van der Waals surface area contributed by atoms with Gasteiger partial charge in [0, 0.05) is 46.3 Å². The lowest BCUT2D eigenvalue weighted by molar-refractivity contribution is 0.0657. The smallest absolute Gasteiger partial charge is 0.261 e. The number of halogens is 1. The minimum Gasteiger partial charge on any atom is -0.381 e. The summed E-state index contributed by atoms with van der Waals surface area (Å²) >= 11 is 0. The minimum absolute atomic E-state index is 0. The van der Waals surface area contributed by atoms with Crippen LogP contribution in [0.5, 0.6) is 0 Å². The molecular weight excluding hydrogens is 447 g/mol. The zero-order chi connectivity index (χ0) is 17.8. The summed E-state index contributed by atoms with van der Waals surface area (Å²) in [5.41, 5.74) is 0.963. The number of nitrogens with one attached hydrogen (secondary N) is 1. The van der Waals surface area contributed by atoms with Gasteiger partial charge in [0.15, 0.2) is 5.96 Å². The molecule has 1 fully saturated rings. The highest BCUT2D eigenvalue weighted by atomic mass is 127. The maximum Gasteiger partial charge on any atom is 0.261 e. The molecule has 0 aromatic heterocycles. The standard InChI is InChI=1S/C18H24N4O3.HI/c1-19-18(21(2)11-13-7-10-25-12-13)20-8-9-22-16(23)14-5-3-4-6-15(14)17(22)24;/h3-6,13H,7-12H2,1-2H3,(H,19,20);1H. The number of benzene rings is 1. The molecule has 26 heavy (non-hydrogen) atoms. The first-order chi connectivity index (χ1) is 12.1. The van der Waals surface area contributed by atoms with E-state index >= 15 is 0 Å². The van der Waals surface area contributed by atoms with Crippen molar-refractivity contribution < 1.29 is 14.3 Å². The van der Waals surface area contributed by atoms with Crippen LogP contribution >= 0.6 is 24.0 Å². The molecule has 142 valence electrons. The van der Waals surface area contributed by atoms with Gasteiger partial charge < -0.3 is 15.0 Å². The molecule has 3 rings (SSSR count). The first-order valence-corrected chi connectivity index (χ1v) is 8.56. The molecule has 1 aromatic carbocycles. The molecule has 0 spiro atoms. The van der Waals surface area contributed by atoms with Gasteiger partial charge in [-0.25, -0.2) is 0 Å². The maximum atomic E-state index is 12.3. The monoisotopic (exact) mass is 472 g/mol. The lowest BCUT2D eigenvalue weighted by Crippen LogP contribution is -2.45. The number of hydrogen-bond donors (Lipinski definition) is 1. The molecule has 2 aliphatic rings. The van der Waals surface area contributed by atoms with E-state index < -0.39 is 0 Å². The third-order valence-corrected chi connectivity index (χ3v) is 4.63. The van der Waals surface area contributed by atoms with Crippen LogP contribution in [0.15, 0.2) is 29.3 Å². The van der Waals surface area contributed by atoms with Crippen molar-refractivity contribution in [2.24, 2.45) is 10.9 Å². The van der Waals surface area contributed by atoms with Crippen LogP contribution in [0, 0.1) is 5.92 Å². The van der Waals surface area contributed by atoms with Gasteiger partial charge in [0.2, 0.25) is 0 Å². The second-order valence-corrected chi connectivity index (χ2v) is 6.39. The molecule has 2 aliphatic heterocycles. The number of fused-ring (bicyclic) bond motifs is 1. The van der Waals surface area contributed by atoms with Crippen molar-refractivity contribution in [3.63, 3.8) is 0 Å². The second-order valence-electron chi connectivity index (χ2n) is 6.39. The fourth-order valence-corrected chi connectivity index (χ4v) is 3.31. The third kappa shape index (κ3) is 4.35. The number of hydrogen-bond acceptors (Lipinski definition) is 4. The molecule has 8 heteroatoms. The maximum absolute atomic E-state index is 12.3. The normalized spacial score (nSPS) is 19.4. The van der Waals surface area contributed by atoms with Crippen LogP contribution in [0.25, 0.3) is 0 Å². The van der Waals surface area contributed by atoms with Gasteiger partial charge in [-0.3, -0.25) is 19.5 Å². The molecule has 0 bridgehead atoms. The van der Waals surface area contributed by atoms with E-state index in [0.717, 1.165) is 32.1 Å². The van der Waals surface area contributed by atoms with Gasteiger partial charge in [-0.05, 0) is 18.6 Å². The summed E-state index contributed by atoms with van der Waals surface area (Å²) in [5.74, 6) is 0.811. The largest absolute Gasteiger partial charge is 0.381 e. The van der Waals surface area contributed by atoms with E-state index in [1.165, 1.54) is 4.90 Å². The van der Waals surface area contributed by atoms with Gasteiger partial charge >= 0.3 is 0 Å². The molecule has 1 atom stereocenters. The molecule has 1 aromatic rings. The number of amides is 2. The molecule has 2 amide bonds. The quantitative estimate of drug-likeness (QED) is 0.304. The number of nitrogens with zero attached hydrogens (tertiary/aromatic N) is 3. The van der Waals surface area contributed by atoms with E-state index in [2.05, 4.69) is 15.2 Å². The van der Waals surface area contributed by atoms with Crippen LogP contribution < -0.4 is 5.32 Å². The van der Waals surface area contributed by atoms with Crippen LogP contribution in [0.4, 0.5) is 0 Å². The Kier molecular flexibility index (Phi) is 7.39. The molecular formula is C18H25IN4O3. The fraction of sp³-hybridized carbons (Fsp3) is 0.500. The fourth-order valence-electron chi connectivity index (χ4n) is 3.31. The average Bonchev–Trinajstić information content (AvgIpc) is 3.21. The summed E-state index contributed by atoms with van der Waals surface area (Å²) in [6.45, 7) is 3.25. The summed E-state index contributed by atoms with van der Waals surface area (Å²) in [6.07, 6.45) is 1.07. The number of rotatable bonds is 5. The van der Waals surface area contributed by atoms with Crippen LogP contribution in [0.2, 0.25) is 0 Å². The van der Waals surface area contributed by atoms with Crippen molar-refractivity contribution in [1.82, 2.24) is 15.1 Å². The number of imide groups is 1. The summed E-state index contributed by atoms with van der Waals surface area (Å²) in [7, 11) is 3.71. The predicted molar refractivity (Wildman–Crippen MR) is 110 cm³/mol. The van der Waals surface area contributed by atoms with E-state index in [9.17, 15) is 9.59 Å². The van der Waals surface area contributed by atoms with Gasteiger partial charge in [0.25, 0.3) is 11.8 Å². The van der Waals surface area contributed by atoms with Gasteiger partial charge in [-0.15, -0.1) is 24.0 Å². The van der Waals surface area contributed by atoms with E-state index in [1.807, 2.05) is 7.05 Å². The molecule has 1 N–H and O–H groups in total. The van der Waals surface area contributed by atoms with E-state index in [-0.39, 0.29) is 35.8 Å². The molecule has 1 unspecified atom stereocenters. The Balaban J connectivity index is 0.00000243. The summed E-state index contributed by atoms with van der Waals surface area (Å²) in [4.78, 5) is 32.3. The first kappa shape index (κ1) is 20.6. The molecule has 0 radical (unpaired) electrons. The lowest BCUT2D eigenvalue weighted by atomic mass is 10.1. The Hall–Kier alpha value is -1.68. The summed E-state index contributed by atoms with van der Waals surface area (Å²) < 4.78 is 5.41. The zero-order valence-corrected chi connectivity index (χ0v) is 17.4. The van der Waals surface area contributed by atoms with E-state index in [0.29, 0.717) is 30.1 Å². The molecule has 7 nitrogen and oxygen atoms in total. The predicted octanol–water partition coefficient (Wildman–Crippen LogP) is 1.44. The summed E-state index contributed by atoms with van der Waals surface area (Å²) in [6, 6.07) is 6.93. The molecule has 2 heterocycles. The van der Waals surface area contributed by atoms with Crippen molar-refractivity contribution in [1.29, 1.82) is 0 Å². The third-order valence-electron chi connectivity index (χ3n) is 4.63. The van der Waals surface area contributed by atoms with Crippen LogP contribution in [-0.4, -0.2) is 74.5 Å². The van der Waals surface area contributed by atoms with Crippen molar-refractivity contribution >= 4 is 41.8 Å². The van der Waals surface area contributed by atoms with Crippen molar-refractivity contribution in [3.8, 4) is 0 Å². The van der Waals surface area contributed by atoms with Crippen molar-refractivity contribution in [2.45, 2.75) is 6.42 Å².